The van der Waals surface area contributed by atoms with Crippen LogP contribution in [-0.2, 0) is 6.42 Å². The minimum atomic E-state index is 0.973. The number of thiazole rings is 1. The van der Waals surface area contributed by atoms with Crippen molar-refractivity contribution >= 4 is 16.3 Å². The summed E-state index contributed by atoms with van der Waals surface area (Å²) in [7, 11) is 0. The summed E-state index contributed by atoms with van der Waals surface area (Å²) in [4.78, 5) is 5.37. The van der Waals surface area contributed by atoms with Crippen molar-refractivity contribution < 1.29 is 0 Å². The molecule has 2 aromatic heterocycles. The third-order valence-corrected chi connectivity index (χ3v) is 3.81. The molecule has 2 aromatic rings. The van der Waals surface area contributed by atoms with E-state index in [2.05, 4.69) is 20.1 Å². The van der Waals surface area contributed by atoms with E-state index in [0.717, 1.165) is 23.8 Å². The van der Waals surface area contributed by atoms with E-state index >= 15 is 0 Å². The monoisotopic (exact) mass is 221 g/mol. The fraction of sp³-hybridized carbons (Fsp3) is 0.545. The van der Waals surface area contributed by atoms with Crippen molar-refractivity contribution in [2.45, 2.75) is 19.3 Å². The van der Waals surface area contributed by atoms with E-state index in [1.165, 1.54) is 25.1 Å². The van der Waals surface area contributed by atoms with Crippen LogP contribution >= 0.6 is 11.3 Å². The molecule has 4 heteroatoms. The number of rotatable bonds is 5. The Bertz CT molecular complexity index is 441. The molecule has 3 rings (SSSR count). The maximum absolute atomic E-state index is 4.27. The Kier molecular flexibility index (Phi) is 2.46. The number of hydrogen-bond donors (Lipinski definition) is 1. The highest BCUT2D eigenvalue weighted by atomic mass is 32.1. The summed E-state index contributed by atoms with van der Waals surface area (Å²) >= 11 is 1.72. The van der Waals surface area contributed by atoms with E-state index in [1.54, 1.807) is 11.3 Å². The molecular weight excluding hydrogens is 206 g/mol. The Balaban J connectivity index is 1.55. The minimum absolute atomic E-state index is 0.973. The van der Waals surface area contributed by atoms with Gasteiger partial charge in [0.15, 0.2) is 4.96 Å². The lowest BCUT2D eigenvalue weighted by Gasteiger charge is -2.02. The smallest absolute Gasteiger partial charge is 0.193 e. The second-order valence-corrected chi connectivity index (χ2v) is 5.04. The molecule has 0 aliphatic heterocycles. The molecule has 2 heterocycles. The first-order valence-electron chi connectivity index (χ1n) is 5.53. The highest BCUT2D eigenvalue weighted by Crippen LogP contribution is 2.27. The molecule has 0 saturated heterocycles. The molecule has 0 unspecified atom stereocenters. The van der Waals surface area contributed by atoms with Crippen LogP contribution < -0.4 is 5.32 Å². The summed E-state index contributed by atoms with van der Waals surface area (Å²) < 4.78 is 2.18. The molecule has 1 N–H and O–H groups in total. The predicted octanol–water partition coefficient (Wildman–Crippen LogP) is 1.94. The van der Waals surface area contributed by atoms with Gasteiger partial charge in [0.25, 0.3) is 0 Å². The van der Waals surface area contributed by atoms with Crippen molar-refractivity contribution in [3.8, 4) is 0 Å². The van der Waals surface area contributed by atoms with Gasteiger partial charge in [-0.2, -0.15) is 0 Å². The normalized spacial score (nSPS) is 16.3. The molecule has 3 nitrogen and oxygen atoms in total. The van der Waals surface area contributed by atoms with Gasteiger partial charge in [-0.15, -0.1) is 11.3 Å². The van der Waals surface area contributed by atoms with E-state index in [4.69, 9.17) is 0 Å². The van der Waals surface area contributed by atoms with Gasteiger partial charge < -0.3 is 5.32 Å². The summed E-state index contributed by atoms with van der Waals surface area (Å²) in [5.41, 5.74) is 1.37. The van der Waals surface area contributed by atoms with Gasteiger partial charge in [-0.05, 0) is 25.3 Å². The van der Waals surface area contributed by atoms with Gasteiger partial charge in [0.05, 0.1) is 0 Å². The van der Waals surface area contributed by atoms with Crippen LogP contribution in [0, 0.1) is 5.92 Å². The van der Waals surface area contributed by atoms with Crippen LogP contribution in [0.2, 0.25) is 0 Å². The molecule has 0 amide bonds. The molecule has 80 valence electrons. The Morgan fingerprint density at radius 1 is 1.53 bits per heavy atom. The molecule has 0 aromatic carbocycles. The zero-order valence-electron chi connectivity index (χ0n) is 8.65. The van der Waals surface area contributed by atoms with E-state index in [0.29, 0.717) is 0 Å². The predicted molar refractivity (Wildman–Crippen MR) is 62.4 cm³/mol. The Morgan fingerprint density at radius 2 is 2.47 bits per heavy atom. The van der Waals surface area contributed by atoms with Crippen LogP contribution in [0.3, 0.4) is 0 Å². The van der Waals surface area contributed by atoms with E-state index in [-0.39, 0.29) is 0 Å². The van der Waals surface area contributed by atoms with Crippen molar-refractivity contribution in [2.24, 2.45) is 5.92 Å². The number of hydrogen-bond acceptors (Lipinski definition) is 3. The molecule has 0 atom stereocenters. The van der Waals surface area contributed by atoms with E-state index in [1.807, 2.05) is 12.4 Å². The first-order chi connectivity index (χ1) is 7.43. The standard InChI is InChI=1S/C11H15N3S/c1-2-9(1)7-12-4-3-10-8-15-11-13-5-6-14(10)11/h5-6,8-9,12H,1-4,7H2. The number of aromatic nitrogens is 2. The fourth-order valence-corrected chi connectivity index (χ4v) is 2.68. The van der Waals surface area contributed by atoms with Gasteiger partial charge in [0.1, 0.15) is 0 Å². The fourth-order valence-electron chi connectivity index (χ4n) is 1.80. The third kappa shape index (κ3) is 2.06. The molecule has 1 aliphatic rings. The van der Waals surface area contributed by atoms with Gasteiger partial charge in [-0.25, -0.2) is 4.98 Å². The van der Waals surface area contributed by atoms with Gasteiger partial charge in [-0.1, -0.05) is 0 Å². The van der Waals surface area contributed by atoms with Crippen LogP contribution in [0.5, 0.6) is 0 Å². The summed E-state index contributed by atoms with van der Waals surface area (Å²) in [6.45, 7) is 2.29. The first kappa shape index (κ1) is 9.36. The van der Waals surface area contributed by atoms with Crippen molar-refractivity contribution in [1.29, 1.82) is 0 Å². The van der Waals surface area contributed by atoms with E-state index in [9.17, 15) is 0 Å². The number of fused-ring (bicyclic) bond motifs is 1. The molecule has 0 spiro atoms. The lowest BCUT2D eigenvalue weighted by Crippen LogP contribution is -2.20. The van der Waals surface area contributed by atoms with Gasteiger partial charge >= 0.3 is 0 Å². The number of nitrogens with zero attached hydrogens (tertiary/aromatic N) is 2. The Morgan fingerprint density at radius 3 is 3.33 bits per heavy atom. The summed E-state index contributed by atoms with van der Waals surface area (Å²) in [5.74, 6) is 0.973. The molecule has 0 radical (unpaired) electrons. The van der Waals surface area contributed by atoms with Gasteiger partial charge in [-0.3, -0.25) is 4.40 Å². The maximum atomic E-state index is 4.27. The van der Waals surface area contributed by atoms with Crippen molar-refractivity contribution in [3.63, 3.8) is 0 Å². The zero-order chi connectivity index (χ0) is 10.1. The Hall–Kier alpha value is -0.870. The van der Waals surface area contributed by atoms with Crippen molar-refractivity contribution in [3.05, 3.63) is 23.5 Å². The topological polar surface area (TPSA) is 29.3 Å². The maximum Gasteiger partial charge on any atom is 0.193 e. The third-order valence-electron chi connectivity index (χ3n) is 2.90. The molecular formula is C11H15N3S. The lowest BCUT2D eigenvalue weighted by molar-refractivity contribution is 0.632. The second kappa shape index (κ2) is 3.94. The van der Waals surface area contributed by atoms with Crippen molar-refractivity contribution in [1.82, 2.24) is 14.7 Å². The SMILES string of the molecule is c1cn2c(CCNCC3CC3)csc2n1. The zero-order valence-corrected chi connectivity index (χ0v) is 9.46. The first-order valence-corrected chi connectivity index (χ1v) is 6.41. The van der Waals surface area contributed by atoms with Crippen LogP contribution in [-0.4, -0.2) is 22.5 Å². The molecule has 15 heavy (non-hydrogen) atoms. The minimum Gasteiger partial charge on any atom is -0.316 e. The van der Waals surface area contributed by atoms with Crippen LogP contribution in [0.4, 0.5) is 0 Å². The quantitative estimate of drug-likeness (QED) is 0.782. The summed E-state index contributed by atoms with van der Waals surface area (Å²) in [6.07, 6.45) is 7.87. The largest absolute Gasteiger partial charge is 0.316 e. The van der Waals surface area contributed by atoms with Crippen LogP contribution in [0.25, 0.3) is 4.96 Å². The van der Waals surface area contributed by atoms with Crippen LogP contribution in [0.1, 0.15) is 18.5 Å². The number of nitrogens with one attached hydrogen (secondary N) is 1. The molecule has 1 fully saturated rings. The average molecular weight is 221 g/mol. The van der Waals surface area contributed by atoms with Gasteiger partial charge in [0, 0.05) is 36.4 Å². The van der Waals surface area contributed by atoms with E-state index < -0.39 is 0 Å². The number of imidazole rings is 1. The molecule has 1 aliphatic carbocycles. The lowest BCUT2D eigenvalue weighted by atomic mass is 10.3. The molecule has 1 saturated carbocycles. The highest BCUT2D eigenvalue weighted by molar-refractivity contribution is 7.15. The van der Waals surface area contributed by atoms with Gasteiger partial charge in [0.2, 0.25) is 0 Å². The average Bonchev–Trinajstić information content (AvgIpc) is 2.80. The molecule has 0 bridgehead atoms. The summed E-state index contributed by atoms with van der Waals surface area (Å²) in [6, 6.07) is 0. The van der Waals surface area contributed by atoms with Crippen molar-refractivity contribution in [2.75, 3.05) is 13.1 Å². The van der Waals surface area contributed by atoms with Crippen LogP contribution in [0.15, 0.2) is 17.8 Å². The Labute approximate surface area is 93.1 Å². The second-order valence-electron chi connectivity index (χ2n) is 4.20. The summed E-state index contributed by atoms with van der Waals surface area (Å²) in [5, 5.41) is 5.72. The highest BCUT2D eigenvalue weighted by Gasteiger charge is 2.19.